The van der Waals surface area contributed by atoms with Crippen molar-refractivity contribution in [1.29, 1.82) is 0 Å². The average molecular weight is 1460 g/mol. The van der Waals surface area contributed by atoms with Gasteiger partial charge in [-0.1, -0.05) is 166 Å². The Labute approximate surface area is 588 Å². The molecule has 6 aromatic carbocycles. The second kappa shape index (κ2) is 29.7. The molecule has 0 bridgehead atoms. The highest BCUT2D eigenvalue weighted by Gasteiger charge is 2.56. The van der Waals surface area contributed by atoms with E-state index in [0.717, 1.165) is 61.1 Å². The van der Waals surface area contributed by atoms with Gasteiger partial charge in [0, 0.05) is 45.5 Å². The van der Waals surface area contributed by atoms with E-state index in [4.69, 9.17) is 128 Å². The van der Waals surface area contributed by atoms with Crippen molar-refractivity contribution < 1.29 is 55.5 Å². The standard InChI is InChI=1S/C68H60Cl6F4N12O8/c1-35-79-65(89(83-35)51-29-41(69)19-21-43(51)71)63-61(57(59-53(95-63)33-93-67(97-59)37-15-9-7-10-16-37)87-31-49(81-85-87)39-25-45(75)55(73)46(76)26-39)91-23-13-5-3-4-6-14-24-92-62-58(88-32-50(82-86-88)40-27-47(77)56(74)48(78)28-40)60-54(34-94-68(98-60)38-17-11-8-12-18-38)96-64(62)66-80-36(2)84-90(66)52-30-42(70)20-22-44(52)72/h7-12,15-22,25-32,53-54,57-64,67-68H,3-6,13-14,23-24,33-34H2,1-2H3/t53-,54+,57+,58-,59+,60-,61-,62+,63-,64+,67+,68-. The minimum absolute atomic E-state index is 0.0763. The zero-order chi connectivity index (χ0) is 67.9. The first kappa shape index (κ1) is 68.2. The fourth-order valence-corrected chi connectivity index (χ4v) is 13.8. The van der Waals surface area contributed by atoms with Crippen LogP contribution in [0.4, 0.5) is 17.6 Å². The van der Waals surface area contributed by atoms with Crippen LogP contribution in [0.3, 0.4) is 0 Å². The molecular formula is C68H60Cl6F4N12O8. The monoisotopic (exact) mass is 1460 g/mol. The molecule has 98 heavy (non-hydrogen) atoms. The summed E-state index contributed by atoms with van der Waals surface area (Å²) in [6, 6.07) is 31.6. The van der Waals surface area contributed by atoms with Gasteiger partial charge in [0.15, 0.2) is 24.2 Å². The summed E-state index contributed by atoms with van der Waals surface area (Å²) in [4.78, 5) is 9.84. The third kappa shape index (κ3) is 14.2. The van der Waals surface area contributed by atoms with Crippen LogP contribution in [0.25, 0.3) is 33.9 Å². The summed E-state index contributed by atoms with van der Waals surface area (Å²) < 4.78 is 121. The Morgan fingerprint density at radius 3 is 1.27 bits per heavy atom. The summed E-state index contributed by atoms with van der Waals surface area (Å²) in [6.45, 7) is 4.09. The molecule has 0 spiro atoms. The van der Waals surface area contributed by atoms with Crippen LogP contribution >= 0.6 is 69.6 Å². The van der Waals surface area contributed by atoms with Crippen molar-refractivity contribution in [2.75, 3.05) is 26.4 Å². The van der Waals surface area contributed by atoms with Gasteiger partial charge in [-0.25, -0.2) is 46.3 Å². The lowest BCUT2D eigenvalue weighted by molar-refractivity contribution is -0.323. The third-order valence-electron chi connectivity index (χ3n) is 17.5. The molecule has 14 rings (SSSR count). The van der Waals surface area contributed by atoms with Gasteiger partial charge in [-0.15, -0.1) is 10.2 Å². The van der Waals surface area contributed by atoms with E-state index in [1.165, 1.54) is 0 Å². The van der Waals surface area contributed by atoms with Crippen LogP contribution in [0, 0.1) is 37.1 Å². The Balaban J connectivity index is 0.719. The van der Waals surface area contributed by atoms with E-state index in [9.17, 15) is 0 Å². The van der Waals surface area contributed by atoms with Gasteiger partial charge in [0.1, 0.15) is 117 Å². The lowest BCUT2D eigenvalue weighted by Crippen LogP contribution is -2.57. The second-order valence-corrected chi connectivity index (χ2v) is 26.5. The zero-order valence-electron chi connectivity index (χ0n) is 52.1. The first-order chi connectivity index (χ1) is 47.5. The molecule has 510 valence electrons. The summed E-state index contributed by atoms with van der Waals surface area (Å²) >= 11 is 38.7. The minimum atomic E-state index is -0.988. The highest BCUT2D eigenvalue weighted by Crippen LogP contribution is 2.49. The fourth-order valence-electron chi connectivity index (χ4n) is 12.9. The molecule has 4 aliphatic rings. The van der Waals surface area contributed by atoms with Crippen molar-refractivity contribution in [3.05, 3.63) is 222 Å². The van der Waals surface area contributed by atoms with Gasteiger partial charge in [0.25, 0.3) is 0 Å². The number of aromatic nitrogens is 12. The van der Waals surface area contributed by atoms with Crippen molar-refractivity contribution in [2.24, 2.45) is 0 Å². The molecule has 0 saturated carbocycles. The summed E-state index contributed by atoms with van der Waals surface area (Å²) in [7, 11) is 0. The zero-order valence-corrected chi connectivity index (χ0v) is 56.6. The Kier molecular flexibility index (Phi) is 20.6. The number of halogens is 10. The number of unbranched alkanes of at least 4 members (excludes halogenated alkanes) is 5. The van der Waals surface area contributed by atoms with Gasteiger partial charge in [0.05, 0.1) is 47.0 Å². The SMILES string of the molecule is Cc1nc([C@H]2O[C@H]3CO[C@@H](c4ccccc4)O[C@H]3[C@@H](n3cc(-c4cc(F)c(Cl)c(F)c4)nn3)[C@@H]2OCCCCCCCCO[C@@H]2[C@@H](n3cc(-c4cc(F)c(Cl)c(F)c4)nn3)[C@H]3O[C@@H](c4ccccc4)OC[C@H]3O[C@H]2c2nc(C)nn2-c2cc(Cl)ccc2Cl)n(-c2cc(Cl)ccc2Cl)n1. The number of hydrogen-bond acceptors (Lipinski definition) is 16. The van der Waals surface area contributed by atoms with Crippen LogP contribution < -0.4 is 0 Å². The number of ether oxygens (including phenoxy) is 8. The first-order valence-corrected chi connectivity index (χ1v) is 33.9. The van der Waals surface area contributed by atoms with Gasteiger partial charge >= 0.3 is 0 Å². The van der Waals surface area contributed by atoms with Crippen LogP contribution in [-0.4, -0.2) is 123 Å². The Morgan fingerprint density at radius 1 is 0.480 bits per heavy atom. The molecule has 10 aromatic rings. The molecule has 8 heterocycles. The number of hydrogen-bond donors (Lipinski definition) is 0. The smallest absolute Gasteiger partial charge is 0.184 e. The van der Waals surface area contributed by atoms with Crippen molar-refractivity contribution in [1.82, 2.24) is 59.5 Å². The summed E-state index contributed by atoms with van der Waals surface area (Å²) in [5.74, 6) is -2.38. The minimum Gasteiger partial charge on any atom is -0.373 e. The Morgan fingerprint density at radius 2 is 0.867 bits per heavy atom. The molecule has 4 fully saturated rings. The van der Waals surface area contributed by atoms with E-state index >= 15 is 17.6 Å². The summed E-state index contributed by atoms with van der Waals surface area (Å²) in [5.41, 5.74) is 2.91. The van der Waals surface area contributed by atoms with Crippen molar-refractivity contribution >= 4 is 69.6 Å². The molecule has 4 aliphatic heterocycles. The summed E-state index contributed by atoms with van der Waals surface area (Å²) in [6.07, 6.45) is -1.15. The molecule has 4 saturated heterocycles. The lowest BCUT2D eigenvalue weighted by Gasteiger charge is -2.49. The average Bonchev–Trinajstić information content (AvgIpc) is 1.38. The number of nitrogens with zero attached hydrogens (tertiary/aromatic N) is 12. The molecule has 0 aliphatic carbocycles. The molecular weight excluding hydrogens is 1400 g/mol. The topological polar surface area (TPSA) is 197 Å². The summed E-state index contributed by atoms with van der Waals surface area (Å²) in [5, 5.41) is 27.7. The van der Waals surface area contributed by atoms with Crippen LogP contribution in [0.5, 0.6) is 0 Å². The fraction of sp³-hybridized carbons (Fsp3) is 0.353. The predicted octanol–water partition coefficient (Wildman–Crippen LogP) is 15.9. The van der Waals surface area contributed by atoms with Crippen molar-refractivity contribution in [3.63, 3.8) is 0 Å². The quantitative estimate of drug-likeness (QED) is 0.0374. The van der Waals surface area contributed by atoms with Crippen LogP contribution in [-0.2, 0) is 37.9 Å². The van der Waals surface area contributed by atoms with E-state index < -0.39 is 107 Å². The predicted molar refractivity (Wildman–Crippen MR) is 354 cm³/mol. The van der Waals surface area contributed by atoms with E-state index in [-0.39, 0.29) is 48.9 Å². The maximum Gasteiger partial charge on any atom is 0.184 e. The molecule has 0 radical (unpaired) electrons. The number of aryl methyl sites for hydroxylation is 2. The Hall–Kier alpha value is -6.98. The normalized spacial score (nSPS) is 24.0. The molecule has 4 aromatic heterocycles. The molecule has 0 amide bonds. The highest BCUT2D eigenvalue weighted by atomic mass is 35.5. The lowest BCUT2D eigenvalue weighted by atomic mass is 9.90. The van der Waals surface area contributed by atoms with Gasteiger partial charge in [-0.2, -0.15) is 10.2 Å². The molecule has 0 N–H and O–H groups in total. The maximum atomic E-state index is 15.0. The number of rotatable bonds is 21. The molecule has 0 unspecified atom stereocenters. The van der Waals surface area contributed by atoms with Crippen LogP contribution in [0.1, 0.15) is 110 Å². The van der Waals surface area contributed by atoms with Crippen molar-refractivity contribution in [2.45, 2.75) is 126 Å². The van der Waals surface area contributed by atoms with E-state index in [2.05, 4.69) is 20.6 Å². The second-order valence-electron chi connectivity index (χ2n) is 24.0. The van der Waals surface area contributed by atoms with Gasteiger partial charge in [0.2, 0.25) is 0 Å². The van der Waals surface area contributed by atoms with E-state index in [1.54, 1.807) is 81.4 Å². The molecule has 30 heteroatoms. The van der Waals surface area contributed by atoms with E-state index in [1.807, 2.05) is 60.7 Å². The van der Waals surface area contributed by atoms with Crippen molar-refractivity contribution in [3.8, 4) is 33.9 Å². The molecule has 20 nitrogen and oxygen atoms in total. The maximum absolute atomic E-state index is 15.0. The largest absolute Gasteiger partial charge is 0.373 e. The highest BCUT2D eigenvalue weighted by molar-refractivity contribution is 6.35. The number of fused-ring (bicyclic) bond motifs is 2. The van der Waals surface area contributed by atoms with Gasteiger partial charge in [-0.05, 0) is 87.4 Å². The third-order valence-corrected chi connectivity index (χ3v) is 19.3. The first-order valence-electron chi connectivity index (χ1n) is 31.6. The van der Waals surface area contributed by atoms with Gasteiger partial charge < -0.3 is 37.9 Å². The van der Waals surface area contributed by atoms with Gasteiger partial charge in [-0.3, -0.25) is 0 Å². The van der Waals surface area contributed by atoms with E-state index in [0.29, 0.717) is 67.6 Å². The van der Waals surface area contributed by atoms with Crippen LogP contribution in [0.2, 0.25) is 30.1 Å². The Bertz CT molecular complexity index is 4160. The molecule has 12 atom stereocenters. The van der Waals surface area contributed by atoms with Crippen LogP contribution in [0.15, 0.2) is 134 Å². The number of benzene rings is 6.